The van der Waals surface area contributed by atoms with Gasteiger partial charge in [-0.15, -0.1) is 0 Å². The zero-order valence-corrected chi connectivity index (χ0v) is 7.56. The third-order valence-corrected chi connectivity index (χ3v) is 0.175. The SMILES string of the molecule is C#N.CC#N.CC#N.NCC(=O)O. The van der Waals surface area contributed by atoms with Crippen molar-refractivity contribution in [2.24, 2.45) is 5.73 Å². The lowest BCUT2D eigenvalue weighted by Crippen LogP contribution is -2.10. The smallest absolute Gasteiger partial charge is 0.317 e. The van der Waals surface area contributed by atoms with Gasteiger partial charge < -0.3 is 10.8 Å². The summed E-state index contributed by atoms with van der Waals surface area (Å²) in [4.78, 5) is 9.24. The molecule has 6 nitrogen and oxygen atoms in total. The van der Waals surface area contributed by atoms with Gasteiger partial charge in [0.05, 0.1) is 18.7 Å². The molecule has 0 heterocycles. The molecule has 72 valence electrons. The number of nitriles is 3. The van der Waals surface area contributed by atoms with Crippen LogP contribution in [-0.2, 0) is 4.79 Å². The van der Waals surface area contributed by atoms with Crippen LogP contribution in [0.25, 0.3) is 0 Å². The first-order valence-corrected chi connectivity index (χ1v) is 2.89. The van der Waals surface area contributed by atoms with E-state index < -0.39 is 5.97 Å². The number of hydrogen-bond donors (Lipinski definition) is 2. The first-order chi connectivity index (χ1) is 6.10. The fraction of sp³-hybridized carbons (Fsp3) is 0.429. The molecular weight excluding hydrogens is 172 g/mol. The Bertz CT molecular complexity index is 175. The summed E-state index contributed by atoms with van der Waals surface area (Å²) < 4.78 is 0. The molecule has 0 aliphatic carbocycles. The summed E-state index contributed by atoms with van der Waals surface area (Å²) in [5.41, 5.74) is 4.57. The average Bonchev–Trinajstić information content (AvgIpc) is 2.11. The zero-order valence-electron chi connectivity index (χ0n) is 7.56. The predicted molar refractivity (Wildman–Crippen MR) is 45.9 cm³/mol. The van der Waals surface area contributed by atoms with Crippen LogP contribution in [0.15, 0.2) is 0 Å². The number of nitrogens with zero attached hydrogens (tertiary/aromatic N) is 3. The van der Waals surface area contributed by atoms with E-state index in [9.17, 15) is 4.79 Å². The summed E-state index contributed by atoms with van der Waals surface area (Å²) in [7, 11) is 0. The number of carboxylic acids is 1. The minimum Gasteiger partial charge on any atom is -0.480 e. The minimum absolute atomic E-state index is 0.278. The lowest BCUT2D eigenvalue weighted by atomic mass is 10.7. The highest BCUT2D eigenvalue weighted by molar-refractivity contribution is 5.68. The summed E-state index contributed by atoms with van der Waals surface area (Å²) in [6, 6.07) is 3.50. The first-order valence-electron chi connectivity index (χ1n) is 2.89. The molecule has 0 atom stereocenters. The lowest BCUT2D eigenvalue weighted by molar-refractivity contribution is -0.135. The number of hydrogen-bond acceptors (Lipinski definition) is 5. The van der Waals surface area contributed by atoms with Crippen molar-refractivity contribution in [3.8, 4) is 18.7 Å². The van der Waals surface area contributed by atoms with Crippen molar-refractivity contribution in [1.29, 1.82) is 15.8 Å². The predicted octanol–water partition coefficient (Wildman–Crippen LogP) is 0.229. The van der Waals surface area contributed by atoms with Crippen molar-refractivity contribution >= 4 is 5.97 Å². The van der Waals surface area contributed by atoms with Gasteiger partial charge in [-0.1, -0.05) is 0 Å². The van der Waals surface area contributed by atoms with Crippen LogP contribution in [-0.4, -0.2) is 17.6 Å². The molecular formula is C7H12N4O2. The molecule has 0 bridgehead atoms. The summed E-state index contributed by atoms with van der Waals surface area (Å²) in [6.07, 6.45) is 0. The molecule has 0 aromatic rings. The molecule has 0 aromatic carbocycles. The summed E-state index contributed by atoms with van der Waals surface area (Å²) >= 11 is 0. The second-order valence-electron chi connectivity index (χ2n) is 1.05. The normalized spacial score (nSPS) is 4.23. The van der Waals surface area contributed by atoms with Gasteiger partial charge in [0.1, 0.15) is 0 Å². The van der Waals surface area contributed by atoms with Crippen LogP contribution in [0.2, 0.25) is 0 Å². The number of nitrogens with two attached hydrogens (primary N) is 1. The molecule has 0 aliphatic heterocycles. The van der Waals surface area contributed by atoms with Gasteiger partial charge in [-0.2, -0.15) is 10.5 Å². The maximum absolute atomic E-state index is 9.24. The molecule has 0 unspecified atom stereocenters. The molecule has 6 heteroatoms. The molecule has 0 aliphatic rings. The molecule has 0 rings (SSSR count). The van der Waals surface area contributed by atoms with E-state index in [2.05, 4.69) is 12.3 Å². The van der Waals surface area contributed by atoms with Gasteiger partial charge in [-0.25, -0.2) is 5.26 Å². The van der Waals surface area contributed by atoms with E-state index in [-0.39, 0.29) is 6.54 Å². The second-order valence-corrected chi connectivity index (χ2v) is 1.05. The Hall–Kier alpha value is -2.10. The number of rotatable bonds is 1. The molecule has 0 amide bonds. The highest BCUT2D eigenvalue weighted by Crippen LogP contribution is 1.43. The summed E-state index contributed by atoms with van der Waals surface area (Å²) in [6.45, 7) is 6.08. The standard InChI is InChI=1S/C2H5NO2.2C2H3N.CHN/c3-1-2(4)5;2*1-2-3;1-2/h1,3H2,(H,4,5);2*1H3;1H. The van der Waals surface area contributed by atoms with Crippen molar-refractivity contribution < 1.29 is 9.90 Å². The van der Waals surface area contributed by atoms with Gasteiger partial charge in [0.15, 0.2) is 0 Å². The average molecular weight is 184 g/mol. The Morgan fingerprint density at radius 2 is 1.46 bits per heavy atom. The van der Waals surface area contributed by atoms with Crippen LogP contribution in [0.3, 0.4) is 0 Å². The summed E-state index contributed by atoms with van der Waals surface area (Å²) in [5, 5.41) is 28.7. The van der Waals surface area contributed by atoms with E-state index in [4.69, 9.17) is 20.9 Å². The Morgan fingerprint density at radius 1 is 1.38 bits per heavy atom. The van der Waals surface area contributed by atoms with Gasteiger partial charge in [-0.05, 0) is 0 Å². The summed E-state index contributed by atoms with van der Waals surface area (Å²) in [5.74, 6) is -0.968. The number of carboxylic acid groups (broad SMARTS) is 1. The maximum atomic E-state index is 9.24. The van der Waals surface area contributed by atoms with E-state index in [1.54, 1.807) is 12.1 Å². The molecule has 3 N–H and O–H groups in total. The molecule has 13 heavy (non-hydrogen) atoms. The van der Waals surface area contributed by atoms with Crippen molar-refractivity contribution in [3.63, 3.8) is 0 Å². The third-order valence-electron chi connectivity index (χ3n) is 0.175. The first kappa shape index (κ1) is 22.4. The van der Waals surface area contributed by atoms with Crippen LogP contribution in [0.4, 0.5) is 0 Å². The van der Waals surface area contributed by atoms with E-state index in [0.29, 0.717) is 0 Å². The van der Waals surface area contributed by atoms with E-state index in [0.717, 1.165) is 0 Å². The molecule has 0 radical (unpaired) electrons. The fourth-order valence-corrected chi connectivity index (χ4v) is 0. The van der Waals surface area contributed by atoms with Crippen LogP contribution in [0.5, 0.6) is 0 Å². The number of aliphatic carboxylic acids is 1. The topological polar surface area (TPSA) is 135 Å². The van der Waals surface area contributed by atoms with Crippen molar-refractivity contribution in [2.75, 3.05) is 6.54 Å². The Labute approximate surface area is 77.4 Å². The van der Waals surface area contributed by atoms with Crippen LogP contribution in [0.1, 0.15) is 13.8 Å². The molecule has 0 saturated carbocycles. The van der Waals surface area contributed by atoms with Gasteiger partial charge in [0, 0.05) is 20.4 Å². The third kappa shape index (κ3) is 61800. The zero-order chi connectivity index (χ0) is 11.7. The molecule has 0 aromatic heterocycles. The lowest BCUT2D eigenvalue weighted by Gasteiger charge is -1.73. The Morgan fingerprint density at radius 3 is 1.46 bits per heavy atom. The van der Waals surface area contributed by atoms with Gasteiger partial charge in [0.2, 0.25) is 0 Å². The molecule has 0 fully saturated rings. The maximum Gasteiger partial charge on any atom is 0.317 e. The van der Waals surface area contributed by atoms with Crippen LogP contribution < -0.4 is 5.73 Å². The largest absolute Gasteiger partial charge is 0.480 e. The highest BCUT2D eigenvalue weighted by atomic mass is 16.4. The van der Waals surface area contributed by atoms with E-state index in [1.165, 1.54) is 13.8 Å². The van der Waals surface area contributed by atoms with E-state index >= 15 is 0 Å². The Balaban J connectivity index is -0.0000000446. The number of carbonyl (C=O) groups is 1. The Kier molecular flexibility index (Phi) is 89.0. The second kappa shape index (κ2) is 51.6. The van der Waals surface area contributed by atoms with Gasteiger partial charge in [-0.3, -0.25) is 4.79 Å². The van der Waals surface area contributed by atoms with Crippen molar-refractivity contribution in [1.82, 2.24) is 0 Å². The van der Waals surface area contributed by atoms with Crippen LogP contribution >= 0.6 is 0 Å². The monoisotopic (exact) mass is 184 g/mol. The fourth-order valence-electron chi connectivity index (χ4n) is 0. The van der Waals surface area contributed by atoms with Crippen molar-refractivity contribution in [3.05, 3.63) is 0 Å². The molecule has 0 saturated heterocycles. The van der Waals surface area contributed by atoms with Crippen LogP contribution in [0, 0.1) is 34.5 Å². The molecule has 0 spiro atoms. The van der Waals surface area contributed by atoms with E-state index in [1.807, 2.05) is 0 Å². The minimum atomic E-state index is -0.968. The quantitative estimate of drug-likeness (QED) is 0.598. The highest BCUT2D eigenvalue weighted by Gasteiger charge is 1.81. The van der Waals surface area contributed by atoms with Gasteiger partial charge in [0.25, 0.3) is 0 Å². The van der Waals surface area contributed by atoms with Gasteiger partial charge >= 0.3 is 5.97 Å². The van der Waals surface area contributed by atoms with Crippen molar-refractivity contribution in [2.45, 2.75) is 13.8 Å².